The number of imidazole rings is 1. The van der Waals surface area contributed by atoms with E-state index in [2.05, 4.69) is 36.8 Å². The predicted octanol–water partition coefficient (Wildman–Crippen LogP) is 2.69. The first-order valence-electron chi connectivity index (χ1n) is 3.90. The Hall–Kier alpha value is -0.810. The molecule has 72 valence electrons. The third-order valence-corrected chi connectivity index (χ3v) is 2.93. The van der Waals surface area contributed by atoms with Crippen LogP contribution in [-0.4, -0.2) is 9.55 Å². The first kappa shape index (κ1) is 9.73. The molecule has 0 bridgehead atoms. The minimum absolute atomic E-state index is 0.154. The van der Waals surface area contributed by atoms with Gasteiger partial charge in [0.15, 0.2) is 0 Å². The molecule has 0 spiro atoms. The maximum Gasteiger partial charge on any atom is 0.331 e. The molecule has 0 saturated carbocycles. The molecule has 0 unspecified atom stereocenters. The van der Waals surface area contributed by atoms with E-state index in [1.807, 2.05) is 24.3 Å². The number of halogens is 2. The summed E-state index contributed by atoms with van der Waals surface area (Å²) < 4.78 is 3.25. The van der Waals surface area contributed by atoms with Gasteiger partial charge >= 0.3 is 5.69 Å². The Kier molecular flexibility index (Phi) is 2.60. The summed E-state index contributed by atoms with van der Waals surface area (Å²) in [4.78, 5) is 14.0. The molecule has 0 amide bonds. The fourth-order valence-corrected chi connectivity index (χ4v) is 1.92. The average Bonchev–Trinajstić information content (AvgIpc) is 2.49. The number of aromatic nitrogens is 2. The van der Waals surface area contributed by atoms with Gasteiger partial charge in [0, 0.05) is 10.7 Å². The molecule has 0 fully saturated rings. The first-order chi connectivity index (χ1) is 6.68. The normalized spacial score (nSPS) is 10.4. The maximum atomic E-state index is 11.4. The van der Waals surface area contributed by atoms with Crippen molar-refractivity contribution in [2.24, 2.45) is 0 Å². The second-order valence-electron chi connectivity index (χ2n) is 2.73. The second-order valence-corrected chi connectivity index (χ2v) is 4.46. The fourth-order valence-electron chi connectivity index (χ4n) is 1.18. The predicted molar refractivity (Wildman–Crippen MR) is 61.8 cm³/mol. The van der Waals surface area contributed by atoms with Crippen molar-refractivity contribution in [1.82, 2.24) is 9.55 Å². The number of H-pyrrole nitrogens is 1. The molecule has 0 aliphatic rings. The van der Waals surface area contributed by atoms with Crippen LogP contribution in [0.5, 0.6) is 0 Å². The van der Waals surface area contributed by atoms with Crippen molar-refractivity contribution in [3.05, 3.63) is 50.0 Å². The standard InChI is InChI=1S/C9H6Br2N2O/c10-6-1-3-7(4-2-6)13-8(11)5-12-9(13)14/h1-5H,(H,12,14). The summed E-state index contributed by atoms with van der Waals surface area (Å²) in [7, 11) is 0. The Labute approximate surface area is 97.0 Å². The van der Waals surface area contributed by atoms with Crippen LogP contribution in [0.15, 0.2) is 44.3 Å². The van der Waals surface area contributed by atoms with Gasteiger partial charge in [0.05, 0.1) is 5.69 Å². The Balaban J connectivity index is 2.60. The van der Waals surface area contributed by atoms with Gasteiger partial charge in [-0.1, -0.05) is 15.9 Å². The third-order valence-electron chi connectivity index (χ3n) is 1.82. The Morgan fingerprint density at radius 3 is 2.29 bits per heavy atom. The Morgan fingerprint density at radius 2 is 1.79 bits per heavy atom. The van der Waals surface area contributed by atoms with Gasteiger partial charge in [0.2, 0.25) is 0 Å². The topological polar surface area (TPSA) is 37.8 Å². The monoisotopic (exact) mass is 316 g/mol. The molecule has 3 nitrogen and oxygen atoms in total. The molecule has 2 aromatic rings. The highest BCUT2D eigenvalue weighted by atomic mass is 79.9. The van der Waals surface area contributed by atoms with Gasteiger partial charge in [-0.3, -0.25) is 4.57 Å². The van der Waals surface area contributed by atoms with Crippen LogP contribution in [-0.2, 0) is 0 Å². The summed E-state index contributed by atoms with van der Waals surface area (Å²) in [6.07, 6.45) is 1.62. The summed E-state index contributed by atoms with van der Waals surface area (Å²) in [6.45, 7) is 0. The lowest BCUT2D eigenvalue weighted by Crippen LogP contribution is -2.14. The summed E-state index contributed by atoms with van der Waals surface area (Å²) in [5, 5.41) is 0. The third kappa shape index (κ3) is 1.69. The molecule has 0 aliphatic heterocycles. The largest absolute Gasteiger partial charge is 0.331 e. The van der Waals surface area contributed by atoms with Crippen LogP contribution in [0.3, 0.4) is 0 Å². The van der Waals surface area contributed by atoms with Crippen LogP contribution in [0.1, 0.15) is 0 Å². The van der Waals surface area contributed by atoms with E-state index >= 15 is 0 Å². The first-order valence-corrected chi connectivity index (χ1v) is 5.49. The summed E-state index contributed by atoms with van der Waals surface area (Å²) in [5.74, 6) is 0. The number of hydrogen-bond acceptors (Lipinski definition) is 1. The van der Waals surface area contributed by atoms with Crippen molar-refractivity contribution in [2.45, 2.75) is 0 Å². The fraction of sp³-hybridized carbons (Fsp3) is 0. The molecule has 2 rings (SSSR count). The van der Waals surface area contributed by atoms with Crippen molar-refractivity contribution < 1.29 is 0 Å². The van der Waals surface area contributed by atoms with Crippen molar-refractivity contribution in [1.29, 1.82) is 0 Å². The molecule has 0 atom stereocenters. The van der Waals surface area contributed by atoms with E-state index in [9.17, 15) is 4.79 Å². The molecule has 0 radical (unpaired) electrons. The van der Waals surface area contributed by atoms with Crippen LogP contribution >= 0.6 is 31.9 Å². The van der Waals surface area contributed by atoms with E-state index in [4.69, 9.17) is 0 Å². The maximum absolute atomic E-state index is 11.4. The van der Waals surface area contributed by atoms with E-state index in [1.165, 1.54) is 0 Å². The number of nitrogens with zero attached hydrogens (tertiary/aromatic N) is 1. The minimum atomic E-state index is -0.154. The summed E-state index contributed by atoms with van der Waals surface area (Å²) in [6, 6.07) is 7.51. The number of hydrogen-bond donors (Lipinski definition) is 1. The van der Waals surface area contributed by atoms with Gasteiger partial charge in [-0.05, 0) is 40.2 Å². The molecular formula is C9H6Br2N2O. The van der Waals surface area contributed by atoms with E-state index in [0.29, 0.717) is 4.60 Å². The molecule has 1 heterocycles. The van der Waals surface area contributed by atoms with Gasteiger partial charge in [0.1, 0.15) is 4.60 Å². The molecule has 0 aliphatic carbocycles. The van der Waals surface area contributed by atoms with Crippen LogP contribution in [0.2, 0.25) is 0 Å². The number of nitrogens with one attached hydrogen (secondary N) is 1. The van der Waals surface area contributed by atoms with E-state index < -0.39 is 0 Å². The summed E-state index contributed by atoms with van der Waals surface area (Å²) in [5.41, 5.74) is 0.672. The highest BCUT2D eigenvalue weighted by molar-refractivity contribution is 9.10. The summed E-state index contributed by atoms with van der Waals surface area (Å²) >= 11 is 6.63. The molecule has 14 heavy (non-hydrogen) atoms. The molecule has 1 aromatic carbocycles. The molecule has 1 N–H and O–H groups in total. The number of benzene rings is 1. The lowest BCUT2D eigenvalue weighted by Gasteiger charge is -2.02. The van der Waals surface area contributed by atoms with Crippen LogP contribution in [0, 0.1) is 0 Å². The van der Waals surface area contributed by atoms with E-state index in [1.54, 1.807) is 10.8 Å². The highest BCUT2D eigenvalue weighted by Crippen LogP contribution is 2.16. The zero-order chi connectivity index (χ0) is 10.1. The van der Waals surface area contributed by atoms with E-state index in [-0.39, 0.29) is 5.69 Å². The average molecular weight is 318 g/mol. The SMILES string of the molecule is O=c1[nH]cc(Br)n1-c1ccc(Br)cc1. The zero-order valence-corrected chi connectivity index (χ0v) is 10.2. The lowest BCUT2D eigenvalue weighted by atomic mass is 10.3. The van der Waals surface area contributed by atoms with Crippen molar-refractivity contribution >= 4 is 31.9 Å². The van der Waals surface area contributed by atoms with Crippen molar-refractivity contribution in [3.8, 4) is 5.69 Å². The Morgan fingerprint density at radius 1 is 1.14 bits per heavy atom. The van der Waals surface area contributed by atoms with Gasteiger partial charge < -0.3 is 4.98 Å². The van der Waals surface area contributed by atoms with Gasteiger partial charge in [-0.25, -0.2) is 4.79 Å². The van der Waals surface area contributed by atoms with E-state index in [0.717, 1.165) is 10.2 Å². The number of aromatic amines is 1. The Bertz CT molecular complexity index is 498. The van der Waals surface area contributed by atoms with Gasteiger partial charge in [-0.2, -0.15) is 0 Å². The van der Waals surface area contributed by atoms with Gasteiger partial charge in [0.25, 0.3) is 0 Å². The second kappa shape index (κ2) is 3.74. The number of rotatable bonds is 1. The molecule has 1 aromatic heterocycles. The molecule has 5 heteroatoms. The molecule has 0 saturated heterocycles. The zero-order valence-electron chi connectivity index (χ0n) is 7.00. The smallest absolute Gasteiger partial charge is 0.311 e. The lowest BCUT2D eigenvalue weighted by molar-refractivity contribution is 0.967. The van der Waals surface area contributed by atoms with Crippen molar-refractivity contribution in [3.63, 3.8) is 0 Å². The van der Waals surface area contributed by atoms with Crippen LogP contribution in [0.25, 0.3) is 5.69 Å². The quantitative estimate of drug-likeness (QED) is 0.862. The van der Waals surface area contributed by atoms with Crippen molar-refractivity contribution in [2.75, 3.05) is 0 Å². The van der Waals surface area contributed by atoms with Crippen LogP contribution in [0.4, 0.5) is 0 Å². The highest BCUT2D eigenvalue weighted by Gasteiger charge is 2.04. The van der Waals surface area contributed by atoms with Gasteiger partial charge in [-0.15, -0.1) is 0 Å². The molecular weight excluding hydrogens is 312 g/mol. The minimum Gasteiger partial charge on any atom is -0.311 e. The van der Waals surface area contributed by atoms with Crippen LogP contribution < -0.4 is 5.69 Å².